The quantitative estimate of drug-likeness (QED) is 0.771. The molecule has 0 aliphatic carbocycles. The molecule has 1 amide bonds. The smallest absolute Gasteiger partial charge is 0.251 e. The van der Waals surface area contributed by atoms with E-state index in [1.165, 1.54) is 12.8 Å². The van der Waals surface area contributed by atoms with Gasteiger partial charge >= 0.3 is 0 Å². The van der Waals surface area contributed by atoms with Crippen LogP contribution < -0.4 is 10.2 Å². The Morgan fingerprint density at radius 2 is 1.91 bits per heavy atom. The van der Waals surface area contributed by atoms with Crippen molar-refractivity contribution in [2.45, 2.75) is 26.3 Å². The molecule has 1 aliphatic heterocycles. The molecule has 1 aromatic carbocycles. The number of nitrogens with zero attached hydrogens (tertiary/aromatic N) is 3. The molecular weight excluding hydrogens is 403 g/mol. The molecule has 2 aromatic rings. The summed E-state index contributed by atoms with van der Waals surface area (Å²) in [5.41, 5.74) is 2.44. The topological polar surface area (TPSA) is 58.1 Å². The maximum atomic E-state index is 12.2. The first kappa shape index (κ1) is 16.2. The van der Waals surface area contributed by atoms with Gasteiger partial charge in [0.2, 0.25) is 5.95 Å². The minimum absolute atomic E-state index is 0.0830. The maximum absolute atomic E-state index is 12.2. The number of aryl methyl sites for hydroxylation is 1. The Balaban J connectivity index is 1.67. The molecule has 5 nitrogen and oxygen atoms in total. The molecule has 2 heterocycles. The molecule has 1 saturated heterocycles. The van der Waals surface area contributed by atoms with Gasteiger partial charge in [-0.1, -0.05) is 0 Å². The fraction of sp³-hybridized carbons (Fsp3) is 0.353. The zero-order valence-corrected chi connectivity index (χ0v) is 15.2. The number of nitrogens with one attached hydrogen (secondary N) is 1. The summed E-state index contributed by atoms with van der Waals surface area (Å²) in [5, 5.41) is 2.93. The largest absolute Gasteiger partial charge is 0.346 e. The Bertz CT molecular complexity index is 696. The van der Waals surface area contributed by atoms with Crippen molar-refractivity contribution in [2.24, 2.45) is 0 Å². The van der Waals surface area contributed by atoms with E-state index < -0.39 is 0 Å². The van der Waals surface area contributed by atoms with Crippen LogP contribution in [0.1, 0.15) is 34.6 Å². The van der Waals surface area contributed by atoms with Crippen LogP contribution in [0, 0.1) is 10.5 Å². The van der Waals surface area contributed by atoms with Gasteiger partial charge in [0.1, 0.15) is 0 Å². The summed E-state index contributed by atoms with van der Waals surface area (Å²) in [7, 11) is 0. The third-order valence-electron chi connectivity index (χ3n) is 3.82. The third kappa shape index (κ3) is 4.19. The molecule has 6 heteroatoms. The fourth-order valence-corrected chi connectivity index (χ4v) is 3.00. The number of carbonyl (C=O) groups excluding carboxylic acids is 1. The first-order chi connectivity index (χ1) is 11.1. The Morgan fingerprint density at radius 1 is 1.22 bits per heavy atom. The van der Waals surface area contributed by atoms with Gasteiger partial charge in [-0.15, -0.1) is 0 Å². The molecule has 0 saturated carbocycles. The standard InChI is InChI=1S/C17H19IN4O/c1-12-10-15(21-17(20-12)22-8-2-3-9-22)11-19-16(23)13-4-6-14(18)7-5-13/h4-7,10H,2-3,8-9,11H2,1H3,(H,19,23). The van der Waals surface area contributed by atoms with Crippen LogP contribution in [0.3, 0.4) is 0 Å². The predicted octanol–water partition coefficient (Wildman–Crippen LogP) is 2.92. The van der Waals surface area contributed by atoms with E-state index in [2.05, 4.69) is 42.8 Å². The van der Waals surface area contributed by atoms with Crippen molar-refractivity contribution in [3.05, 3.63) is 50.9 Å². The van der Waals surface area contributed by atoms with E-state index in [0.29, 0.717) is 12.1 Å². The van der Waals surface area contributed by atoms with Gasteiger partial charge in [-0.25, -0.2) is 9.97 Å². The van der Waals surface area contributed by atoms with Crippen LogP contribution in [0.5, 0.6) is 0 Å². The molecule has 1 fully saturated rings. The number of hydrogen-bond donors (Lipinski definition) is 1. The summed E-state index contributed by atoms with van der Waals surface area (Å²) < 4.78 is 1.11. The van der Waals surface area contributed by atoms with Gasteiger partial charge in [-0.2, -0.15) is 0 Å². The van der Waals surface area contributed by atoms with Crippen LogP contribution >= 0.6 is 22.6 Å². The number of benzene rings is 1. The number of carbonyl (C=O) groups is 1. The van der Waals surface area contributed by atoms with E-state index in [0.717, 1.165) is 34.0 Å². The minimum Gasteiger partial charge on any atom is -0.346 e. The summed E-state index contributed by atoms with van der Waals surface area (Å²) in [6, 6.07) is 9.44. The molecule has 3 rings (SSSR count). The van der Waals surface area contributed by atoms with E-state index in [1.807, 2.05) is 37.3 Å². The highest BCUT2D eigenvalue weighted by atomic mass is 127. The summed E-state index contributed by atoms with van der Waals surface area (Å²) >= 11 is 2.22. The number of anilines is 1. The highest BCUT2D eigenvalue weighted by molar-refractivity contribution is 14.1. The molecule has 120 valence electrons. The fourth-order valence-electron chi connectivity index (χ4n) is 2.64. The Labute approximate surface area is 149 Å². The molecule has 0 spiro atoms. The zero-order chi connectivity index (χ0) is 16.2. The van der Waals surface area contributed by atoms with Crippen molar-refractivity contribution >= 4 is 34.4 Å². The molecule has 1 aromatic heterocycles. The van der Waals surface area contributed by atoms with E-state index in [9.17, 15) is 4.79 Å². The summed E-state index contributed by atoms with van der Waals surface area (Å²) in [5.74, 6) is 0.696. The average molecular weight is 422 g/mol. The van der Waals surface area contributed by atoms with Crippen LogP contribution in [0.15, 0.2) is 30.3 Å². The van der Waals surface area contributed by atoms with Crippen LogP contribution in [-0.2, 0) is 6.54 Å². The highest BCUT2D eigenvalue weighted by Gasteiger charge is 2.16. The third-order valence-corrected chi connectivity index (χ3v) is 4.54. The van der Waals surface area contributed by atoms with Crippen molar-refractivity contribution in [3.63, 3.8) is 0 Å². The van der Waals surface area contributed by atoms with E-state index in [-0.39, 0.29) is 5.91 Å². The van der Waals surface area contributed by atoms with Gasteiger partial charge in [0.05, 0.1) is 12.2 Å². The number of rotatable bonds is 4. The van der Waals surface area contributed by atoms with Crippen molar-refractivity contribution < 1.29 is 4.79 Å². The number of aromatic nitrogens is 2. The second kappa shape index (κ2) is 7.25. The monoisotopic (exact) mass is 422 g/mol. The molecule has 23 heavy (non-hydrogen) atoms. The lowest BCUT2D eigenvalue weighted by Gasteiger charge is -2.16. The van der Waals surface area contributed by atoms with E-state index >= 15 is 0 Å². The predicted molar refractivity (Wildman–Crippen MR) is 98.5 cm³/mol. The molecule has 0 unspecified atom stereocenters. The summed E-state index contributed by atoms with van der Waals surface area (Å²) in [6.45, 7) is 4.40. The Hall–Kier alpha value is -1.70. The second-order valence-corrected chi connectivity index (χ2v) is 6.93. The van der Waals surface area contributed by atoms with Gasteiger partial charge in [0.15, 0.2) is 0 Å². The summed E-state index contributed by atoms with van der Waals surface area (Å²) in [6.07, 6.45) is 2.38. The maximum Gasteiger partial charge on any atom is 0.251 e. The van der Waals surface area contributed by atoms with Crippen molar-refractivity contribution in [2.75, 3.05) is 18.0 Å². The normalized spacial score (nSPS) is 14.1. The lowest BCUT2D eigenvalue weighted by molar-refractivity contribution is 0.0950. The summed E-state index contributed by atoms with van der Waals surface area (Å²) in [4.78, 5) is 23.5. The van der Waals surface area contributed by atoms with Crippen LogP contribution in [0.4, 0.5) is 5.95 Å². The van der Waals surface area contributed by atoms with Gasteiger partial charge in [-0.05, 0) is 72.7 Å². The molecule has 1 aliphatic rings. The number of hydrogen-bond acceptors (Lipinski definition) is 4. The van der Waals surface area contributed by atoms with Crippen molar-refractivity contribution in [3.8, 4) is 0 Å². The SMILES string of the molecule is Cc1cc(CNC(=O)c2ccc(I)cc2)nc(N2CCCC2)n1. The lowest BCUT2D eigenvalue weighted by Crippen LogP contribution is -2.25. The minimum atomic E-state index is -0.0830. The molecule has 0 radical (unpaired) electrons. The average Bonchev–Trinajstić information content (AvgIpc) is 3.07. The van der Waals surface area contributed by atoms with E-state index in [4.69, 9.17) is 0 Å². The Morgan fingerprint density at radius 3 is 2.61 bits per heavy atom. The molecule has 1 N–H and O–H groups in total. The molecular formula is C17H19IN4O. The second-order valence-electron chi connectivity index (χ2n) is 5.68. The number of halogens is 1. The van der Waals surface area contributed by atoms with Gasteiger partial charge in [0, 0.05) is 27.9 Å². The molecule has 0 atom stereocenters. The van der Waals surface area contributed by atoms with E-state index in [1.54, 1.807) is 0 Å². The highest BCUT2D eigenvalue weighted by Crippen LogP contribution is 2.16. The van der Waals surface area contributed by atoms with Gasteiger partial charge < -0.3 is 10.2 Å². The van der Waals surface area contributed by atoms with Crippen molar-refractivity contribution in [1.29, 1.82) is 0 Å². The van der Waals surface area contributed by atoms with Gasteiger partial charge in [-0.3, -0.25) is 4.79 Å². The first-order valence-corrected chi connectivity index (χ1v) is 8.83. The zero-order valence-electron chi connectivity index (χ0n) is 13.1. The number of amides is 1. The van der Waals surface area contributed by atoms with Crippen LogP contribution in [0.25, 0.3) is 0 Å². The first-order valence-electron chi connectivity index (χ1n) is 7.75. The molecule has 0 bridgehead atoms. The van der Waals surface area contributed by atoms with Crippen LogP contribution in [-0.4, -0.2) is 29.0 Å². The Kier molecular flexibility index (Phi) is 5.09. The van der Waals surface area contributed by atoms with Crippen molar-refractivity contribution in [1.82, 2.24) is 15.3 Å². The van der Waals surface area contributed by atoms with Gasteiger partial charge in [0.25, 0.3) is 5.91 Å². The van der Waals surface area contributed by atoms with Crippen LogP contribution in [0.2, 0.25) is 0 Å². The lowest BCUT2D eigenvalue weighted by atomic mass is 10.2.